The number of hydrogen-bond acceptors (Lipinski definition) is 3. The Morgan fingerprint density at radius 3 is 2.75 bits per heavy atom. The van der Waals surface area contributed by atoms with Crippen molar-refractivity contribution >= 4 is 0 Å². The Balaban J connectivity index is 2.24. The van der Waals surface area contributed by atoms with Gasteiger partial charge in [-0.1, -0.05) is 20.3 Å². The molecular formula is C13H28N2O. The molecule has 0 radical (unpaired) electrons. The normalized spacial score (nSPS) is 25.7. The lowest BCUT2D eigenvalue weighted by Crippen LogP contribution is -2.45. The predicted molar refractivity (Wildman–Crippen MR) is 68.8 cm³/mol. The van der Waals surface area contributed by atoms with Crippen LogP contribution in [-0.2, 0) is 4.74 Å². The van der Waals surface area contributed by atoms with E-state index in [0.717, 1.165) is 25.7 Å². The lowest BCUT2D eigenvalue weighted by Gasteiger charge is -2.32. The van der Waals surface area contributed by atoms with Gasteiger partial charge in [0, 0.05) is 25.2 Å². The van der Waals surface area contributed by atoms with Crippen molar-refractivity contribution in [1.82, 2.24) is 10.2 Å². The minimum atomic E-state index is 0.545. The van der Waals surface area contributed by atoms with Gasteiger partial charge in [-0.25, -0.2) is 0 Å². The minimum Gasteiger partial charge on any atom is -0.379 e. The number of hydrogen-bond donors (Lipinski definition) is 1. The summed E-state index contributed by atoms with van der Waals surface area (Å²) in [4.78, 5) is 2.48. The zero-order valence-electron chi connectivity index (χ0n) is 11.3. The molecular weight excluding hydrogens is 200 g/mol. The van der Waals surface area contributed by atoms with Gasteiger partial charge in [0.1, 0.15) is 0 Å². The van der Waals surface area contributed by atoms with Gasteiger partial charge in [0.25, 0.3) is 0 Å². The van der Waals surface area contributed by atoms with Crippen molar-refractivity contribution in [3.63, 3.8) is 0 Å². The molecule has 0 bridgehead atoms. The summed E-state index contributed by atoms with van der Waals surface area (Å²) < 4.78 is 5.48. The molecule has 0 saturated carbocycles. The van der Waals surface area contributed by atoms with Gasteiger partial charge < -0.3 is 15.0 Å². The van der Waals surface area contributed by atoms with Crippen molar-refractivity contribution < 1.29 is 4.74 Å². The molecule has 0 aromatic carbocycles. The van der Waals surface area contributed by atoms with Crippen LogP contribution in [0.3, 0.4) is 0 Å². The Labute approximate surface area is 101 Å². The second-order valence-corrected chi connectivity index (χ2v) is 5.26. The molecule has 1 heterocycles. The highest BCUT2D eigenvalue weighted by Crippen LogP contribution is 2.11. The first-order chi connectivity index (χ1) is 7.63. The van der Waals surface area contributed by atoms with E-state index in [1.54, 1.807) is 0 Å². The molecule has 3 atom stereocenters. The van der Waals surface area contributed by atoms with E-state index in [4.69, 9.17) is 4.74 Å². The molecule has 0 aromatic rings. The molecule has 1 rings (SSSR count). The Bertz CT molecular complexity index is 181. The highest BCUT2D eigenvalue weighted by molar-refractivity contribution is 4.77. The number of rotatable bonds is 6. The van der Waals surface area contributed by atoms with Gasteiger partial charge >= 0.3 is 0 Å². The Morgan fingerprint density at radius 1 is 1.44 bits per heavy atom. The van der Waals surface area contributed by atoms with Gasteiger partial charge in [0.15, 0.2) is 0 Å². The van der Waals surface area contributed by atoms with Crippen molar-refractivity contribution in [2.45, 2.75) is 45.7 Å². The largest absolute Gasteiger partial charge is 0.379 e. The van der Waals surface area contributed by atoms with Crippen LogP contribution in [0.1, 0.15) is 33.6 Å². The summed E-state index contributed by atoms with van der Waals surface area (Å²) in [6.45, 7) is 10.9. The number of nitrogens with zero attached hydrogens (tertiary/aromatic N) is 1. The quantitative estimate of drug-likeness (QED) is 0.749. The molecule has 3 heteroatoms. The summed E-state index contributed by atoms with van der Waals surface area (Å²) >= 11 is 0. The van der Waals surface area contributed by atoms with Crippen LogP contribution in [0.15, 0.2) is 0 Å². The Kier molecular flexibility index (Phi) is 6.32. The van der Waals surface area contributed by atoms with Crippen molar-refractivity contribution in [2.75, 3.05) is 33.4 Å². The van der Waals surface area contributed by atoms with E-state index in [9.17, 15) is 0 Å². The number of morpholine rings is 1. The Morgan fingerprint density at radius 2 is 2.19 bits per heavy atom. The fourth-order valence-electron chi connectivity index (χ4n) is 2.16. The third kappa shape index (κ3) is 4.81. The average Bonchev–Trinajstić information content (AvgIpc) is 2.30. The molecule has 3 nitrogen and oxygen atoms in total. The molecule has 1 aliphatic rings. The van der Waals surface area contributed by atoms with Crippen LogP contribution in [0, 0.1) is 5.92 Å². The molecule has 96 valence electrons. The first kappa shape index (κ1) is 13.9. The van der Waals surface area contributed by atoms with E-state index in [-0.39, 0.29) is 0 Å². The lowest BCUT2D eigenvalue weighted by molar-refractivity contribution is 0.0632. The number of nitrogens with one attached hydrogen (secondary N) is 1. The highest BCUT2D eigenvalue weighted by atomic mass is 16.5. The molecule has 0 spiro atoms. The SMILES string of the molecule is CCC(C)CN(C)C(C)CC1COCCN1. The van der Waals surface area contributed by atoms with Crippen LogP contribution in [0.2, 0.25) is 0 Å². The average molecular weight is 228 g/mol. The van der Waals surface area contributed by atoms with Gasteiger partial charge in [0.05, 0.1) is 13.2 Å². The van der Waals surface area contributed by atoms with E-state index in [1.165, 1.54) is 19.4 Å². The summed E-state index contributed by atoms with van der Waals surface area (Å²) in [5.41, 5.74) is 0. The van der Waals surface area contributed by atoms with Crippen molar-refractivity contribution in [3.8, 4) is 0 Å². The van der Waals surface area contributed by atoms with Gasteiger partial charge in [-0.3, -0.25) is 0 Å². The molecule has 1 aliphatic heterocycles. The van der Waals surface area contributed by atoms with E-state index < -0.39 is 0 Å². The first-order valence-corrected chi connectivity index (χ1v) is 6.64. The first-order valence-electron chi connectivity index (χ1n) is 6.64. The topological polar surface area (TPSA) is 24.5 Å². The zero-order valence-corrected chi connectivity index (χ0v) is 11.3. The monoisotopic (exact) mass is 228 g/mol. The summed E-state index contributed by atoms with van der Waals surface area (Å²) in [5.74, 6) is 0.794. The second-order valence-electron chi connectivity index (χ2n) is 5.26. The molecule has 1 N–H and O–H groups in total. The summed E-state index contributed by atoms with van der Waals surface area (Å²) in [6.07, 6.45) is 2.45. The maximum Gasteiger partial charge on any atom is 0.0620 e. The molecule has 0 aliphatic carbocycles. The van der Waals surface area contributed by atoms with Gasteiger partial charge in [-0.2, -0.15) is 0 Å². The van der Waals surface area contributed by atoms with Crippen LogP contribution in [0.4, 0.5) is 0 Å². The summed E-state index contributed by atoms with van der Waals surface area (Å²) in [5, 5.41) is 3.52. The van der Waals surface area contributed by atoms with E-state index in [0.29, 0.717) is 12.1 Å². The molecule has 3 unspecified atom stereocenters. The molecule has 16 heavy (non-hydrogen) atoms. The fraction of sp³-hybridized carbons (Fsp3) is 1.00. The minimum absolute atomic E-state index is 0.545. The van der Waals surface area contributed by atoms with Crippen LogP contribution in [0.5, 0.6) is 0 Å². The molecule has 1 fully saturated rings. The molecule has 0 aromatic heterocycles. The standard InChI is InChI=1S/C13H28N2O/c1-5-11(2)9-15(4)12(3)8-13-10-16-7-6-14-13/h11-14H,5-10H2,1-4H3. The summed E-state index contributed by atoms with van der Waals surface area (Å²) in [6, 6.07) is 1.18. The van der Waals surface area contributed by atoms with E-state index in [1.807, 2.05) is 0 Å². The highest BCUT2D eigenvalue weighted by Gasteiger charge is 2.19. The van der Waals surface area contributed by atoms with Crippen molar-refractivity contribution in [1.29, 1.82) is 0 Å². The number of ether oxygens (including phenoxy) is 1. The smallest absolute Gasteiger partial charge is 0.0620 e. The maximum atomic E-state index is 5.48. The van der Waals surface area contributed by atoms with Crippen LogP contribution >= 0.6 is 0 Å². The van der Waals surface area contributed by atoms with Crippen LogP contribution in [0.25, 0.3) is 0 Å². The second kappa shape index (κ2) is 7.25. The van der Waals surface area contributed by atoms with Gasteiger partial charge in [-0.15, -0.1) is 0 Å². The zero-order chi connectivity index (χ0) is 12.0. The summed E-state index contributed by atoms with van der Waals surface area (Å²) in [7, 11) is 2.24. The predicted octanol–water partition coefficient (Wildman–Crippen LogP) is 1.73. The lowest BCUT2D eigenvalue weighted by atomic mass is 10.0. The Hall–Kier alpha value is -0.120. The third-order valence-corrected chi connectivity index (χ3v) is 3.67. The third-order valence-electron chi connectivity index (χ3n) is 3.67. The van der Waals surface area contributed by atoms with Crippen LogP contribution < -0.4 is 5.32 Å². The molecule has 0 amide bonds. The van der Waals surface area contributed by atoms with Crippen molar-refractivity contribution in [2.24, 2.45) is 5.92 Å². The van der Waals surface area contributed by atoms with Crippen LogP contribution in [-0.4, -0.2) is 50.3 Å². The fourth-order valence-corrected chi connectivity index (χ4v) is 2.16. The van der Waals surface area contributed by atoms with Gasteiger partial charge in [-0.05, 0) is 26.3 Å². The maximum absolute atomic E-state index is 5.48. The molecule has 1 saturated heterocycles. The van der Waals surface area contributed by atoms with E-state index >= 15 is 0 Å². The van der Waals surface area contributed by atoms with Gasteiger partial charge in [0.2, 0.25) is 0 Å². The van der Waals surface area contributed by atoms with Crippen molar-refractivity contribution in [3.05, 3.63) is 0 Å². The van der Waals surface area contributed by atoms with E-state index in [2.05, 4.69) is 38.0 Å².